The van der Waals surface area contributed by atoms with E-state index in [1.807, 2.05) is 0 Å². The summed E-state index contributed by atoms with van der Waals surface area (Å²) in [6.07, 6.45) is 0. The largest absolute Gasteiger partial charge is 0.310 e. The van der Waals surface area contributed by atoms with Gasteiger partial charge in [-0.05, 0) is 212 Å². The molecule has 2 heteroatoms. The Bertz CT molecular complexity index is 5400. The summed E-state index contributed by atoms with van der Waals surface area (Å²) in [7, 11) is 0. The number of fused-ring (bicyclic) bond motifs is 12. The van der Waals surface area contributed by atoms with Gasteiger partial charge in [-0.1, -0.05) is 304 Å². The van der Waals surface area contributed by atoms with Crippen molar-refractivity contribution >= 4 is 34.1 Å². The summed E-state index contributed by atoms with van der Waals surface area (Å²) < 4.78 is 0. The minimum atomic E-state index is -0.139. The van der Waals surface area contributed by atoms with Gasteiger partial charge in [-0.15, -0.1) is 0 Å². The van der Waals surface area contributed by atoms with Crippen LogP contribution in [0.1, 0.15) is 99.9 Å². The van der Waals surface area contributed by atoms with Crippen LogP contribution in [0.15, 0.2) is 328 Å². The lowest BCUT2D eigenvalue weighted by Gasteiger charge is -2.32. The fraction of sp³-hybridized carbons (Fsp3) is 0.125. The van der Waals surface area contributed by atoms with Crippen LogP contribution in [0.3, 0.4) is 0 Å². The number of hydrogen-bond donors (Lipinski definition) is 0. The average Bonchev–Trinajstić information content (AvgIpc) is 1.58. The highest BCUT2D eigenvalue weighted by Gasteiger charge is 2.41. The van der Waals surface area contributed by atoms with Gasteiger partial charge in [0.15, 0.2) is 0 Å². The summed E-state index contributed by atoms with van der Waals surface area (Å²) in [5, 5.41) is 0. The highest BCUT2D eigenvalue weighted by atomic mass is 15.2. The topological polar surface area (TPSA) is 6.48 Å². The van der Waals surface area contributed by atoms with E-state index in [0.29, 0.717) is 0 Å². The minimum Gasteiger partial charge on any atom is -0.310 e. The summed E-state index contributed by atoms with van der Waals surface area (Å²) in [4.78, 5) is 4.85. The first-order chi connectivity index (χ1) is 47.6. The number of rotatable bonds is 10. The molecule has 0 bridgehead atoms. The predicted octanol–water partition coefficient (Wildman–Crippen LogP) is 26.2. The highest BCUT2D eigenvalue weighted by Crippen LogP contribution is 2.57. The Morgan fingerprint density at radius 2 is 0.439 bits per heavy atom. The fourth-order valence-electron chi connectivity index (χ4n) is 17.0. The molecule has 18 rings (SSSR count). The zero-order valence-electron chi connectivity index (χ0n) is 57.1. The van der Waals surface area contributed by atoms with Crippen molar-refractivity contribution in [1.29, 1.82) is 0 Å². The molecule has 0 saturated heterocycles. The average molecular weight is 1260 g/mol. The van der Waals surface area contributed by atoms with Crippen LogP contribution in [0.2, 0.25) is 0 Å². The maximum atomic E-state index is 2.45. The van der Waals surface area contributed by atoms with Crippen molar-refractivity contribution in [3.05, 3.63) is 372 Å². The third kappa shape index (κ3) is 9.82. The maximum Gasteiger partial charge on any atom is 0.0508 e. The van der Waals surface area contributed by atoms with Crippen molar-refractivity contribution in [2.24, 2.45) is 0 Å². The van der Waals surface area contributed by atoms with E-state index in [9.17, 15) is 0 Å². The summed E-state index contributed by atoms with van der Waals surface area (Å²) in [6.45, 7) is 18.8. The molecule has 472 valence electrons. The first kappa shape index (κ1) is 60.4. The first-order valence-electron chi connectivity index (χ1n) is 34.7. The van der Waals surface area contributed by atoms with Crippen molar-refractivity contribution in [3.8, 4) is 89.0 Å². The number of hydrogen-bond acceptors (Lipinski definition) is 2. The molecular weight excluding hydrogens is 1180 g/mol. The molecule has 0 spiro atoms. The van der Waals surface area contributed by atoms with Crippen molar-refractivity contribution < 1.29 is 0 Å². The Kier molecular flexibility index (Phi) is 14.3. The molecule has 0 aliphatic heterocycles. The molecule has 2 nitrogen and oxygen atoms in total. The second kappa shape index (κ2) is 23.2. The lowest BCUT2D eigenvalue weighted by atomic mass is 9.81. The number of anilines is 6. The molecule has 98 heavy (non-hydrogen) atoms. The van der Waals surface area contributed by atoms with Crippen molar-refractivity contribution in [3.63, 3.8) is 0 Å². The van der Waals surface area contributed by atoms with E-state index in [1.165, 1.54) is 139 Å². The van der Waals surface area contributed by atoms with Crippen LogP contribution in [0.5, 0.6) is 0 Å². The number of nitrogens with zero attached hydrogens (tertiary/aromatic N) is 2. The molecule has 4 aliphatic carbocycles. The van der Waals surface area contributed by atoms with Gasteiger partial charge in [0.1, 0.15) is 0 Å². The van der Waals surface area contributed by atoms with Gasteiger partial charge in [0.25, 0.3) is 0 Å². The first-order valence-corrected chi connectivity index (χ1v) is 34.7. The van der Waals surface area contributed by atoms with Crippen LogP contribution in [-0.4, -0.2) is 0 Å². The molecule has 0 aromatic heterocycles. The van der Waals surface area contributed by atoms with Gasteiger partial charge in [0, 0.05) is 50.1 Å². The van der Waals surface area contributed by atoms with Gasteiger partial charge in [0.05, 0.1) is 5.69 Å². The van der Waals surface area contributed by atoms with Crippen LogP contribution >= 0.6 is 0 Å². The predicted molar refractivity (Wildman–Crippen MR) is 414 cm³/mol. The zero-order valence-corrected chi connectivity index (χ0v) is 57.1. The Morgan fingerprint density at radius 3 is 0.837 bits per heavy atom. The van der Waals surface area contributed by atoms with E-state index in [-0.39, 0.29) is 21.7 Å². The van der Waals surface area contributed by atoms with Crippen molar-refractivity contribution in [2.75, 3.05) is 9.80 Å². The fourth-order valence-corrected chi connectivity index (χ4v) is 17.0. The molecule has 4 aliphatic rings. The molecule has 0 heterocycles. The molecule has 0 unspecified atom stereocenters. The van der Waals surface area contributed by atoms with Gasteiger partial charge in [0.2, 0.25) is 0 Å². The minimum absolute atomic E-state index is 0.0222. The highest BCUT2D eigenvalue weighted by molar-refractivity contribution is 5.93. The second-order valence-corrected chi connectivity index (χ2v) is 29.2. The molecule has 0 amide bonds. The van der Waals surface area contributed by atoms with Gasteiger partial charge in [-0.25, -0.2) is 0 Å². The van der Waals surface area contributed by atoms with Crippen LogP contribution in [-0.2, 0) is 21.7 Å². The van der Waals surface area contributed by atoms with Crippen LogP contribution in [0.25, 0.3) is 89.0 Å². The van der Waals surface area contributed by atoms with Crippen molar-refractivity contribution in [1.82, 2.24) is 0 Å². The molecule has 0 N–H and O–H groups in total. The SMILES string of the molecule is CC1(C)c2ccccc2-c2ccc(-c3ccc(N(c4ccc(-c5ccccc5)cc4)c4ccc5c(c4)C(C)(C)c4ccccc4-5)cc3)cc21.CC1(C)c2ccccc2-c2ccc(-c3ccc(N(c4ccc(-c5ccccc5)cc4)c4cccc5c4C(C)(C)c4ccccc4-5)cc3)cc21. The van der Waals surface area contributed by atoms with E-state index >= 15 is 0 Å². The molecule has 14 aromatic carbocycles. The Hall–Kier alpha value is -11.3. The van der Waals surface area contributed by atoms with Gasteiger partial charge >= 0.3 is 0 Å². The molecule has 0 radical (unpaired) electrons. The van der Waals surface area contributed by atoms with Crippen molar-refractivity contribution in [2.45, 2.75) is 77.0 Å². The summed E-state index contributed by atoms with van der Waals surface area (Å²) in [6, 6.07) is 121. The van der Waals surface area contributed by atoms with E-state index in [2.05, 4.69) is 393 Å². The van der Waals surface area contributed by atoms with E-state index in [4.69, 9.17) is 0 Å². The Morgan fingerprint density at radius 1 is 0.173 bits per heavy atom. The lowest BCUT2D eigenvalue weighted by Crippen LogP contribution is -2.20. The summed E-state index contributed by atoms with van der Waals surface area (Å²) in [5.41, 5.74) is 38.4. The standard InChI is InChI=1S/2C48H39N/c1-47(2)42-18-10-8-15-38(42)40-30-25-35(31-44(40)47)34-23-28-37(29-24-34)49(36-26-21-33(22-27-36)32-13-6-5-7-14-32)45-20-12-17-41-39-16-9-11-19-43(39)48(3,4)46(41)45;1-47(2)43-16-10-8-14-39(43)41-28-22-35(30-45(41)47)34-20-25-37(26-21-34)49(36-23-18-33(19-24-36)32-12-6-5-7-13-32)38-27-29-42-40-15-9-11-17-44(40)48(3,4)46(42)31-38/h2*5-31H,1-4H3. The summed E-state index contributed by atoms with van der Waals surface area (Å²) in [5.74, 6) is 0. The molecule has 0 fully saturated rings. The Balaban J connectivity index is 0.000000147. The molecular formula is C96H78N2. The van der Waals surface area contributed by atoms with Crippen LogP contribution in [0.4, 0.5) is 34.1 Å². The monoisotopic (exact) mass is 1260 g/mol. The third-order valence-corrected chi connectivity index (χ3v) is 22.2. The van der Waals surface area contributed by atoms with E-state index < -0.39 is 0 Å². The third-order valence-electron chi connectivity index (χ3n) is 22.2. The molecule has 14 aromatic rings. The molecule has 0 saturated carbocycles. The molecule has 0 atom stereocenters. The van der Waals surface area contributed by atoms with E-state index in [1.54, 1.807) is 0 Å². The van der Waals surface area contributed by atoms with Gasteiger partial charge in [-0.2, -0.15) is 0 Å². The zero-order chi connectivity index (χ0) is 66.7. The van der Waals surface area contributed by atoms with Gasteiger partial charge in [-0.3, -0.25) is 0 Å². The van der Waals surface area contributed by atoms with E-state index in [0.717, 1.165) is 28.4 Å². The number of benzene rings is 14. The smallest absolute Gasteiger partial charge is 0.0508 e. The normalized spacial score (nSPS) is 14.4. The lowest BCUT2D eigenvalue weighted by molar-refractivity contribution is 0.660. The van der Waals surface area contributed by atoms with Crippen LogP contribution < -0.4 is 9.80 Å². The second-order valence-electron chi connectivity index (χ2n) is 29.2. The quantitative estimate of drug-likeness (QED) is 0.135. The van der Waals surface area contributed by atoms with Gasteiger partial charge < -0.3 is 9.80 Å². The van der Waals surface area contributed by atoms with Crippen LogP contribution in [0, 0.1) is 0 Å². The maximum absolute atomic E-state index is 2.45. The Labute approximate surface area is 578 Å². The summed E-state index contributed by atoms with van der Waals surface area (Å²) >= 11 is 0.